The van der Waals surface area contributed by atoms with E-state index in [1.54, 1.807) is 107 Å². The lowest BCUT2D eigenvalue weighted by atomic mass is 9.98. The summed E-state index contributed by atoms with van der Waals surface area (Å²) in [7, 11) is 18.7. The molecule has 1 unspecified atom stereocenters. The number of methoxy groups -OCH3 is 9. The van der Waals surface area contributed by atoms with Crippen LogP contribution in [0.4, 0.5) is 0 Å². The van der Waals surface area contributed by atoms with Crippen LogP contribution in [-0.4, -0.2) is 167 Å². The first kappa shape index (κ1) is 66.4. The smallest absolute Gasteiger partial charge is 0.257 e. The summed E-state index contributed by atoms with van der Waals surface area (Å²) in [5, 5.41) is 11.4. The fourth-order valence-corrected chi connectivity index (χ4v) is 11.1. The second-order valence-electron chi connectivity index (χ2n) is 20.3. The molecule has 24 heteroatoms. The molecule has 7 aromatic rings. The number of rotatable bonds is 30. The number of hydrogen-bond acceptors (Lipinski definition) is 24. The lowest BCUT2D eigenvalue weighted by molar-refractivity contribution is -0.181. The molecule has 4 heterocycles. The maximum atomic E-state index is 9.26. The van der Waals surface area contributed by atoms with Crippen LogP contribution >= 0.6 is 11.8 Å². The van der Waals surface area contributed by atoms with E-state index >= 15 is 0 Å². The molecule has 1 aliphatic heterocycles. The lowest BCUT2D eigenvalue weighted by Crippen LogP contribution is -2.46. The number of nitrogens with zero attached hydrogens (tertiary/aromatic N) is 7. The first-order valence-electron chi connectivity index (χ1n) is 28.4. The minimum absolute atomic E-state index is 0.0743. The Bertz CT molecular complexity index is 3410. The number of ether oxygens (including phenoxy) is 10. The van der Waals surface area contributed by atoms with Gasteiger partial charge < -0.3 is 62.0 Å². The predicted molar refractivity (Wildman–Crippen MR) is 333 cm³/mol. The van der Waals surface area contributed by atoms with Crippen molar-refractivity contribution in [2.45, 2.75) is 31.0 Å². The maximum absolute atomic E-state index is 9.26. The van der Waals surface area contributed by atoms with Crippen LogP contribution in [0.15, 0.2) is 102 Å². The number of thiocyanates is 1. The fraction of sp³-hybridized carbons (Fsp3) is 0.385. The summed E-state index contributed by atoms with van der Waals surface area (Å²) in [6.07, 6.45) is 2.46. The average Bonchev–Trinajstić information content (AvgIpc) is 3.72. The van der Waals surface area contributed by atoms with Crippen molar-refractivity contribution in [2.24, 2.45) is 5.92 Å². The molecule has 0 amide bonds. The normalized spacial score (nSPS) is 14.0. The second kappa shape index (κ2) is 33.2. The monoisotopic (exact) mass is 1240 g/mol. The molecule has 0 saturated carbocycles. The molecule has 1 aliphatic rings. The zero-order chi connectivity index (χ0) is 63.2. The summed E-state index contributed by atoms with van der Waals surface area (Å²) >= 11 is 1.13. The third kappa shape index (κ3) is 17.4. The van der Waals surface area contributed by atoms with Crippen molar-refractivity contribution in [3.05, 3.63) is 120 Å². The van der Waals surface area contributed by atoms with Crippen molar-refractivity contribution >= 4 is 11.8 Å². The average molecular weight is 1240 g/mol. The molecule has 0 spiro atoms. The van der Waals surface area contributed by atoms with Crippen LogP contribution in [0.2, 0.25) is 0 Å². The van der Waals surface area contributed by atoms with Crippen LogP contribution in [0.1, 0.15) is 22.5 Å². The highest BCUT2D eigenvalue weighted by molar-refractivity contribution is 8.03. The molecule has 23 nitrogen and oxygen atoms in total. The van der Waals surface area contributed by atoms with Crippen molar-refractivity contribution in [3.8, 4) is 108 Å². The Balaban J connectivity index is 1.24. The summed E-state index contributed by atoms with van der Waals surface area (Å²) in [4.78, 5) is 55.3. The minimum atomic E-state index is -0.0743. The van der Waals surface area contributed by atoms with Gasteiger partial charge in [-0.05, 0) is 64.7 Å². The molecular formula is C65H77N7O16S. The van der Waals surface area contributed by atoms with E-state index in [2.05, 4.69) is 20.1 Å². The standard InChI is InChI=1S/C65H77N7O16S/c1-73-49-27-54(76-4)63(55(28-49)77-5)44-23-47(68-61(25-44)87-83-11)38-70-18-20-71(37-46-34-67-60(86-82-10)33-53(46)65-58(80-8)31-51(75-3)32-59(65)81-9)35-43(40-85-22-17-42-13-15-52(16-14-42)89-41-66)36-72(21-19-70)39-48-24-45(26-62(69-48)88-84-12)64-56(78-6)29-50(74-2)30-57(64)79-7/h13-16,23-34,43H,17-22,35-40H2,1-12H3. The van der Waals surface area contributed by atoms with Crippen LogP contribution in [0, 0.1) is 16.6 Å². The summed E-state index contributed by atoms with van der Waals surface area (Å²) in [6, 6.07) is 28.2. The fourth-order valence-electron chi connectivity index (χ4n) is 10.7. The van der Waals surface area contributed by atoms with Crippen molar-refractivity contribution in [2.75, 3.05) is 138 Å². The van der Waals surface area contributed by atoms with Crippen LogP contribution in [-0.2, 0) is 45.5 Å². The van der Waals surface area contributed by atoms with E-state index < -0.39 is 0 Å². The summed E-state index contributed by atoms with van der Waals surface area (Å²) < 4.78 is 59.4. The zero-order valence-electron chi connectivity index (χ0n) is 52.4. The molecular weight excluding hydrogens is 1170 g/mol. The second-order valence-corrected chi connectivity index (χ2v) is 21.2. The number of nitriles is 1. The molecule has 1 saturated heterocycles. The van der Waals surface area contributed by atoms with Gasteiger partial charge in [0.2, 0.25) is 0 Å². The Labute approximate surface area is 523 Å². The SMILES string of the molecule is COOc1cc(-c2c(OC)cc(OC)cc2OC)c(CN2CCN(Cc3cc(-c4c(OC)cc(OC)cc4OC)cc(OOC)n3)CCN(Cc3cc(-c4c(OC)cc(OC)cc4OC)cc(OOC)n3)CC(COCCc3ccc(SC#N)cc3)C2)cn1. The molecule has 3 aromatic heterocycles. The third-order valence-electron chi connectivity index (χ3n) is 14.8. The van der Waals surface area contributed by atoms with Gasteiger partial charge in [0.1, 0.15) is 57.1 Å². The van der Waals surface area contributed by atoms with Crippen molar-refractivity contribution in [1.29, 1.82) is 5.26 Å². The number of hydrogen-bond donors (Lipinski definition) is 0. The molecule has 4 aromatic carbocycles. The quantitative estimate of drug-likeness (QED) is 0.0134. The summed E-state index contributed by atoms with van der Waals surface area (Å²) in [6.45, 7) is 5.48. The van der Waals surface area contributed by atoms with Crippen molar-refractivity contribution < 1.29 is 76.7 Å². The molecule has 0 N–H and O–H groups in total. The van der Waals surface area contributed by atoms with Crippen LogP contribution in [0.25, 0.3) is 33.4 Å². The Hall–Kier alpha value is -8.51. The van der Waals surface area contributed by atoms with E-state index in [-0.39, 0.29) is 23.6 Å². The van der Waals surface area contributed by atoms with Gasteiger partial charge in [0.05, 0.1) is 127 Å². The zero-order valence-corrected chi connectivity index (χ0v) is 53.2. The Kier molecular flexibility index (Phi) is 24.8. The van der Waals surface area contributed by atoms with Gasteiger partial charge in [-0.2, -0.15) is 19.9 Å². The van der Waals surface area contributed by atoms with Gasteiger partial charge >= 0.3 is 0 Å². The number of benzene rings is 4. The summed E-state index contributed by atoms with van der Waals surface area (Å²) in [5.74, 6) is 5.43. The first-order valence-corrected chi connectivity index (χ1v) is 29.2. The predicted octanol–water partition coefficient (Wildman–Crippen LogP) is 10.0. The van der Waals surface area contributed by atoms with E-state index in [1.807, 2.05) is 54.6 Å². The Morgan fingerprint density at radius 1 is 0.483 bits per heavy atom. The van der Waals surface area contributed by atoms with E-state index in [0.717, 1.165) is 38.9 Å². The Morgan fingerprint density at radius 2 is 0.910 bits per heavy atom. The topological polar surface area (TPSA) is 220 Å². The first-order chi connectivity index (χ1) is 43.4. The van der Waals surface area contributed by atoms with Crippen LogP contribution in [0.3, 0.4) is 0 Å². The van der Waals surface area contributed by atoms with Gasteiger partial charge in [0.25, 0.3) is 17.6 Å². The van der Waals surface area contributed by atoms with Crippen molar-refractivity contribution in [1.82, 2.24) is 29.7 Å². The molecule has 0 bridgehead atoms. The van der Waals surface area contributed by atoms with E-state index in [1.165, 1.54) is 21.3 Å². The highest BCUT2D eigenvalue weighted by Gasteiger charge is 2.28. The number of thioether (sulfide) groups is 1. The molecule has 8 rings (SSSR count). The maximum Gasteiger partial charge on any atom is 0.257 e. The van der Waals surface area contributed by atoms with Gasteiger partial charge in [0, 0.05) is 136 Å². The van der Waals surface area contributed by atoms with Gasteiger partial charge in [-0.3, -0.25) is 14.7 Å². The number of pyridine rings is 3. The van der Waals surface area contributed by atoms with Crippen LogP contribution in [0.5, 0.6) is 69.4 Å². The highest BCUT2D eigenvalue weighted by Crippen LogP contribution is 2.46. The van der Waals surface area contributed by atoms with Gasteiger partial charge in [-0.15, -0.1) is 0 Å². The van der Waals surface area contributed by atoms with Gasteiger partial charge in [0.15, 0.2) is 0 Å². The third-order valence-corrected chi connectivity index (χ3v) is 15.4. The Morgan fingerprint density at radius 3 is 1.35 bits per heavy atom. The minimum Gasteiger partial charge on any atom is -0.496 e. The molecule has 89 heavy (non-hydrogen) atoms. The van der Waals surface area contributed by atoms with Gasteiger partial charge in [-0.25, -0.2) is 15.0 Å². The largest absolute Gasteiger partial charge is 0.496 e. The van der Waals surface area contributed by atoms with Crippen LogP contribution < -0.4 is 57.3 Å². The molecule has 1 fully saturated rings. The van der Waals surface area contributed by atoms with Crippen molar-refractivity contribution in [3.63, 3.8) is 0 Å². The van der Waals surface area contributed by atoms with E-state index in [9.17, 15) is 5.26 Å². The highest BCUT2D eigenvalue weighted by atomic mass is 32.2. The molecule has 474 valence electrons. The molecule has 0 radical (unpaired) electrons. The molecule has 1 atom stereocenters. The molecule has 0 aliphatic carbocycles. The van der Waals surface area contributed by atoms with E-state index in [0.29, 0.717) is 164 Å². The lowest BCUT2D eigenvalue weighted by Gasteiger charge is -2.36. The number of aromatic nitrogens is 3. The summed E-state index contributed by atoms with van der Waals surface area (Å²) in [5.41, 5.74) is 7.51. The van der Waals surface area contributed by atoms with Gasteiger partial charge in [-0.1, -0.05) is 12.1 Å². The van der Waals surface area contributed by atoms with E-state index in [4.69, 9.17) is 91.6 Å².